The zero-order valence-electron chi connectivity index (χ0n) is 24.8. The Morgan fingerprint density at radius 2 is 1.76 bits per heavy atom. The number of hydrogen-bond donors (Lipinski definition) is 0. The third-order valence-electron chi connectivity index (χ3n) is 8.39. The summed E-state index contributed by atoms with van der Waals surface area (Å²) in [7, 11) is 2.16. The van der Waals surface area contributed by atoms with Crippen molar-refractivity contribution < 1.29 is 14.3 Å². The molecule has 0 N–H and O–H groups in total. The van der Waals surface area contributed by atoms with Crippen LogP contribution in [0.1, 0.15) is 50.4 Å². The van der Waals surface area contributed by atoms with Gasteiger partial charge in [0.1, 0.15) is 18.0 Å². The highest BCUT2D eigenvalue weighted by Gasteiger charge is 2.32. The van der Waals surface area contributed by atoms with E-state index in [1.54, 1.807) is 4.90 Å². The molecule has 0 spiro atoms. The second-order valence-electron chi connectivity index (χ2n) is 12.6. The molecule has 1 atom stereocenters. The van der Waals surface area contributed by atoms with Gasteiger partial charge in [-0.3, -0.25) is 4.90 Å². The molecule has 3 aliphatic rings. The topological polar surface area (TPSA) is 74.3 Å². The molecule has 1 amide bonds. The molecule has 4 heterocycles. The van der Waals surface area contributed by atoms with E-state index in [0.717, 1.165) is 44.1 Å². The molecule has 0 aliphatic carbocycles. The van der Waals surface area contributed by atoms with Gasteiger partial charge >= 0.3 is 12.1 Å². The van der Waals surface area contributed by atoms with Gasteiger partial charge in [0.05, 0.1) is 5.69 Å². The van der Waals surface area contributed by atoms with E-state index in [-0.39, 0.29) is 6.09 Å². The highest BCUT2D eigenvalue weighted by molar-refractivity contribution is 5.85. The predicted molar refractivity (Wildman–Crippen MR) is 160 cm³/mol. The van der Waals surface area contributed by atoms with Gasteiger partial charge in [-0.1, -0.05) is 42.5 Å². The van der Waals surface area contributed by atoms with E-state index in [2.05, 4.69) is 64.2 Å². The Bertz CT molecular complexity index is 1390. The summed E-state index contributed by atoms with van der Waals surface area (Å²) in [5, 5.41) is 2.55. The molecule has 2 fully saturated rings. The van der Waals surface area contributed by atoms with Gasteiger partial charge < -0.3 is 24.2 Å². The first kappa shape index (κ1) is 27.7. The van der Waals surface area contributed by atoms with E-state index in [9.17, 15) is 4.79 Å². The van der Waals surface area contributed by atoms with Crippen LogP contribution in [0.4, 0.5) is 10.6 Å². The van der Waals surface area contributed by atoms with Crippen LogP contribution in [0.25, 0.3) is 10.8 Å². The Labute approximate surface area is 243 Å². The fourth-order valence-corrected chi connectivity index (χ4v) is 6.18. The fraction of sp³-hybridized carbons (Fsp3) is 0.531. The fourth-order valence-electron chi connectivity index (χ4n) is 6.18. The van der Waals surface area contributed by atoms with E-state index in [1.807, 2.05) is 20.8 Å². The second kappa shape index (κ2) is 11.4. The Balaban J connectivity index is 1.21. The first-order valence-corrected chi connectivity index (χ1v) is 14.9. The number of likely N-dealkylation sites (tertiary alicyclic amines) is 1. The maximum absolute atomic E-state index is 12.7. The van der Waals surface area contributed by atoms with Crippen LogP contribution in [0.2, 0.25) is 0 Å². The van der Waals surface area contributed by atoms with Crippen molar-refractivity contribution in [3.05, 3.63) is 59.3 Å². The molecule has 9 heteroatoms. The summed E-state index contributed by atoms with van der Waals surface area (Å²) in [4.78, 5) is 31.5. The predicted octanol–water partition coefficient (Wildman–Crippen LogP) is 4.68. The molecule has 1 aromatic heterocycles. The molecule has 2 aromatic carbocycles. The zero-order valence-corrected chi connectivity index (χ0v) is 24.8. The van der Waals surface area contributed by atoms with Gasteiger partial charge in [-0.15, -0.1) is 0 Å². The smallest absolute Gasteiger partial charge is 0.410 e. The van der Waals surface area contributed by atoms with E-state index >= 15 is 0 Å². The Hall–Kier alpha value is -3.43. The lowest BCUT2D eigenvalue weighted by Crippen LogP contribution is -2.50. The molecule has 2 saturated heterocycles. The summed E-state index contributed by atoms with van der Waals surface area (Å²) in [6.45, 7) is 12.4. The summed E-state index contributed by atoms with van der Waals surface area (Å²) in [5.41, 5.74) is 3.02. The van der Waals surface area contributed by atoms with Crippen LogP contribution < -0.4 is 9.64 Å². The number of piperazine rings is 1. The maximum atomic E-state index is 12.7. The quantitative estimate of drug-likeness (QED) is 0.432. The summed E-state index contributed by atoms with van der Waals surface area (Å²) in [6.07, 6.45) is 2.09. The van der Waals surface area contributed by atoms with Crippen LogP contribution >= 0.6 is 0 Å². The van der Waals surface area contributed by atoms with Crippen molar-refractivity contribution in [3.63, 3.8) is 0 Å². The first-order chi connectivity index (χ1) is 19.7. The largest absolute Gasteiger partial charge is 0.462 e. The van der Waals surface area contributed by atoms with Crippen molar-refractivity contribution in [2.24, 2.45) is 0 Å². The zero-order chi connectivity index (χ0) is 28.6. The average Bonchev–Trinajstić information content (AvgIpc) is 3.55. The molecular weight excluding hydrogens is 516 g/mol. The molecule has 218 valence electrons. The molecule has 0 saturated carbocycles. The second-order valence-corrected chi connectivity index (χ2v) is 12.6. The molecule has 0 bridgehead atoms. The number of fused-ring (bicyclic) bond motifs is 2. The SMILES string of the molecule is CN1CCC[C@H]1COc1nc2c(c(N3CCN(C(=O)OC(C)(C)C)CC3)n1)CN(Cc1cccc3ccccc13)C2. The summed E-state index contributed by atoms with van der Waals surface area (Å²) < 4.78 is 11.9. The van der Waals surface area contributed by atoms with Crippen molar-refractivity contribution in [2.45, 2.75) is 64.9 Å². The monoisotopic (exact) mass is 558 g/mol. The Morgan fingerprint density at radius 1 is 0.976 bits per heavy atom. The van der Waals surface area contributed by atoms with Crippen molar-refractivity contribution in [1.29, 1.82) is 0 Å². The number of anilines is 1. The van der Waals surface area contributed by atoms with Gasteiger partial charge in [-0.05, 0) is 63.5 Å². The van der Waals surface area contributed by atoms with Gasteiger partial charge in [-0.2, -0.15) is 9.97 Å². The highest BCUT2D eigenvalue weighted by atomic mass is 16.6. The van der Waals surface area contributed by atoms with E-state index in [1.165, 1.54) is 28.3 Å². The van der Waals surface area contributed by atoms with Crippen molar-refractivity contribution in [3.8, 4) is 6.01 Å². The molecule has 0 unspecified atom stereocenters. The number of likely N-dealkylation sites (N-methyl/N-ethyl adjacent to an activating group) is 1. The number of benzene rings is 2. The van der Waals surface area contributed by atoms with Crippen LogP contribution in [0.3, 0.4) is 0 Å². The van der Waals surface area contributed by atoms with E-state index < -0.39 is 5.60 Å². The van der Waals surface area contributed by atoms with Gasteiger partial charge in [0.25, 0.3) is 0 Å². The summed E-state index contributed by atoms with van der Waals surface area (Å²) in [5.74, 6) is 0.939. The number of carbonyl (C=O) groups excluding carboxylic acids is 1. The normalized spacial score (nSPS) is 20.0. The van der Waals surface area contributed by atoms with Crippen LogP contribution in [0.5, 0.6) is 6.01 Å². The average molecular weight is 559 g/mol. The molecule has 0 radical (unpaired) electrons. The number of hydrogen-bond acceptors (Lipinski definition) is 8. The first-order valence-electron chi connectivity index (χ1n) is 14.9. The lowest BCUT2D eigenvalue weighted by atomic mass is 10.0. The minimum atomic E-state index is -0.505. The Morgan fingerprint density at radius 3 is 2.51 bits per heavy atom. The molecule has 9 nitrogen and oxygen atoms in total. The Kier molecular flexibility index (Phi) is 7.74. The highest BCUT2D eigenvalue weighted by Crippen LogP contribution is 2.33. The number of aromatic nitrogens is 2. The lowest BCUT2D eigenvalue weighted by Gasteiger charge is -2.36. The molecule has 3 aromatic rings. The van der Waals surface area contributed by atoms with E-state index in [4.69, 9.17) is 19.4 Å². The summed E-state index contributed by atoms with van der Waals surface area (Å²) in [6, 6.07) is 16.0. The van der Waals surface area contributed by atoms with Crippen LogP contribution in [-0.2, 0) is 24.4 Å². The maximum Gasteiger partial charge on any atom is 0.410 e. The molecule has 3 aliphatic heterocycles. The van der Waals surface area contributed by atoms with Crippen LogP contribution in [0, 0.1) is 0 Å². The molecule has 6 rings (SSSR count). The number of rotatable bonds is 6. The minimum Gasteiger partial charge on any atom is -0.462 e. The van der Waals surface area contributed by atoms with Gasteiger partial charge in [0, 0.05) is 57.4 Å². The van der Waals surface area contributed by atoms with Crippen molar-refractivity contribution in [2.75, 3.05) is 51.3 Å². The lowest BCUT2D eigenvalue weighted by molar-refractivity contribution is 0.0240. The van der Waals surface area contributed by atoms with Gasteiger partial charge in [0.15, 0.2) is 0 Å². The van der Waals surface area contributed by atoms with Crippen LogP contribution in [0.15, 0.2) is 42.5 Å². The van der Waals surface area contributed by atoms with Crippen molar-refractivity contribution in [1.82, 2.24) is 24.7 Å². The molecular formula is C32H42N6O3. The van der Waals surface area contributed by atoms with E-state index in [0.29, 0.717) is 44.8 Å². The molecule has 41 heavy (non-hydrogen) atoms. The number of carbonyl (C=O) groups is 1. The van der Waals surface area contributed by atoms with Crippen LogP contribution in [-0.4, -0.2) is 88.8 Å². The standard InChI is InChI=1S/C32H42N6O3/c1-32(2,3)41-31(39)38-17-15-37(16-18-38)29-27-20-36(19-24-11-7-10-23-9-5-6-13-26(23)24)21-28(27)33-30(34-29)40-22-25-12-8-14-35(25)4/h5-7,9-11,13,25H,8,12,14-22H2,1-4H3/t25-/m0/s1. The van der Waals surface area contributed by atoms with Gasteiger partial charge in [0.2, 0.25) is 0 Å². The number of ether oxygens (including phenoxy) is 2. The number of nitrogens with zero attached hydrogens (tertiary/aromatic N) is 6. The minimum absolute atomic E-state index is 0.254. The number of amides is 1. The summed E-state index contributed by atoms with van der Waals surface area (Å²) >= 11 is 0. The van der Waals surface area contributed by atoms with Gasteiger partial charge in [-0.25, -0.2) is 4.79 Å². The third-order valence-corrected chi connectivity index (χ3v) is 8.39. The van der Waals surface area contributed by atoms with Crippen molar-refractivity contribution >= 4 is 22.7 Å². The third kappa shape index (κ3) is 6.26.